The van der Waals surface area contributed by atoms with E-state index in [0.29, 0.717) is 29.1 Å². The van der Waals surface area contributed by atoms with Gasteiger partial charge in [0.25, 0.3) is 0 Å². The number of benzene rings is 5. The van der Waals surface area contributed by atoms with Crippen molar-refractivity contribution in [3.8, 4) is 45.9 Å². The predicted octanol–water partition coefficient (Wildman–Crippen LogP) is 9.92. The zero-order valence-corrected chi connectivity index (χ0v) is 26.8. The number of hydrogen-bond acceptors (Lipinski definition) is 6. The Bertz CT molecular complexity index is 2760. The average molecular weight is 648 g/mol. The molecule has 0 spiro atoms. The molecule has 5 heterocycles. The fourth-order valence-corrected chi connectivity index (χ4v) is 7.49. The number of fused-ring (bicyclic) bond motifs is 6. The molecular formula is C41H25N7S. The van der Waals surface area contributed by atoms with Gasteiger partial charge >= 0.3 is 0 Å². The largest absolute Gasteiger partial charge is 0.316 e. The SMILES string of the molecule is c1ccc(-c2nc(-c3ccccc3)nc(-c3nc(-n4c5ccccc5c5ccc6c(ccn6-c6ccccc6)c54)nc4sccc34)n2)cc1. The molecule has 49 heavy (non-hydrogen) atoms. The summed E-state index contributed by atoms with van der Waals surface area (Å²) in [6.07, 6.45) is 2.14. The lowest BCUT2D eigenvalue weighted by Gasteiger charge is -2.12. The molecule has 8 heteroatoms. The van der Waals surface area contributed by atoms with Crippen LogP contribution in [0, 0.1) is 0 Å². The Labute approximate surface area is 284 Å². The van der Waals surface area contributed by atoms with Crippen molar-refractivity contribution in [3.05, 3.63) is 151 Å². The molecule has 0 fully saturated rings. The van der Waals surface area contributed by atoms with Crippen LogP contribution in [0.2, 0.25) is 0 Å². The van der Waals surface area contributed by atoms with E-state index in [1.807, 2.05) is 72.1 Å². The fraction of sp³-hybridized carbons (Fsp3) is 0. The quantitative estimate of drug-likeness (QED) is 0.186. The third kappa shape index (κ3) is 4.46. The lowest BCUT2D eigenvalue weighted by molar-refractivity contribution is 1.00. The maximum absolute atomic E-state index is 5.33. The smallest absolute Gasteiger partial charge is 0.236 e. The molecule has 5 aromatic carbocycles. The summed E-state index contributed by atoms with van der Waals surface area (Å²) in [4.78, 5) is 26.4. The third-order valence-corrected chi connectivity index (χ3v) is 9.77. The highest BCUT2D eigenvalue weighted by atomic mass is 32.1. The molecule has 0 unspecified atom stereocenters. The molecule has 0 saturated heterocycles. The van der Waals surface area contributed by atoms with Gasteiger partial charge in [0.05, 0.1) is 16.6 Å². The van der Waals surface area contributed by atoms with E-state index in [1.165, 1.54) is 0 Å². The number of hydrogen-bond donors (Lipinski definition) is 0. The van der Waals surface area contributed by atoms with Crippen LogP contribution in [0.1, 0.15) is 0 Å². The summed E-state index contributed by atoms with van der Waals surface area (Å²) in [6, 6.07) is 47.6. The Balaban J connectivity index is 1.26. The van der Waals surface area contributed by atoms with Crippen molar-refractivity contribution in [3.63, 3.8) is 0 Å². The van der Waals surface area contributed by atoms with Crippen molar-refractivity contribution in [2.45, 2.75) is 0 Å². The van der Waals surface area contributed by atoms with Gasteiger partial charge in [-0.2, -0.15) is 0 Å². The Morgan fingerprint density at radius 3 is 1.84 bits per heavy atom. The monoisotopic (exact) mass is 647 g/mol. The molecule has 230 valence electrons. The molecular weight excluding hydrogens is 623 g/mol. The van der Waals surface area contributed by atoms with Gasteiger partial charge in [0.1, 0.15) is 10.5 Å². The van der Waals surface area contributed by atoms with Crippen LogP contribution < -0.4 is 0 Å². The van der Waals surface area contributed by atoms with Crippen LogP contribution in [0.3, 0.4) is 0 Å². The lowest BCUT2D eigenvalue weighted by Crippen LogP contribution is -2.06. The second-order valence-corrected chi connectivity index (χ2v) is 12.7. The van der Waals surface area contributed by atoms with Crippen molar-refractivity contribution in [2.24, 2.45) is 0 Å². The molecule has 5 aromatic heterocycles. The van der Waals surface area contributed by atoms with Gasteiger partial charge in [-0.3, -0.25) is 4.57 Å². The van der Waals surface area contributed by atoms with Crippen LogP contribution in [-0.2, 0) is 0 Å². The number of rotatable bonds is 5. The van der Waals surface area contributed by atoms with Crippen LogP contribution in [0.4, 0.5) is 0 Å². The van der Waals surface area contributed by atoms with E-state index in [-0.39, 0.29) is 0 Å². The van der Waals surface area contributed by atoms with E-state index in [1.54, 1.807) is 11.3 Å². The summed E-state index contributed by atoms with van der Waals surface area (Å²) < 4.78 is 4.43. The van der Waals surface area contributed by atoms with Crippen LogP contribution in [-0.4, -0.2) is 34.1 Å². The topological polar surface area (TPSA) is 74.3 Å². The van der Waals surface area contributed by atoms with Gasteiger partial charge in [0.15, 0.2) is 17.5 Å². The molecule has 0 aliphatic rings. The summed E-state index contributed by atoms with van der Waals surface area (Å²) in [7, 11) is 0. The Kier molecular flexibility index (Phi) is 6.22. The fourth-order valence-electron chi connectivity index (χ4n) is 6.73. The van der Waals surface area contributed by atoms with E-state index < -0.39 is 0 Å². The number of nitrogens with zero attached hydrogens (tertiary/aromatic N) is 7. The summed E-state index contributed by atoms with van der Waals surface area (Å²) >= 11 is 1.58. The molecule has 0 aliphatic carbocycles. The Hall–Kier alpha value is -6.51. The first-order chi connectivity index (χ1) is 24.3. The van der Waals surface area contributed by atoms with E-state index in [4.69, 9.17) is 24.9 Å². The zero-order chi connectivity index (χ0) is 32.3. The molecule has 0 atom stereocenters. The first-order valence-corrected chi connectivity index (χ1v) is 16.9. The van der Waals surface area contributed by atoms with E-state index >= 15 is 0 Å². The van der Waals surface area contributed by atoms with Crippen molar-refractivity contribution >= 4 is 54.3 Å². The van der Waals surface area contributed by atoms with Crippen LogP contribution in [0.25, 0.3) is 88.9 Å². The molecule has 0 N–H and O–H groups in total. The summed E-state index contributed by atoms with van der Waals surface area (Å²) in [5.74, 6) is 2.25. The van der Waals surface area contributed by atoms with Crippen LogP contribution in [0.5, 0.6) is 0 Å². The van der Waals surface area contributed by atoms with E-state index in [2.05, 4.69) is 88.1 Å². The standard InChI is InChI=1S/C41H25N7S/c1-4-12-26(13-5-1)37-43-38(27-14-6-2-7-15-27)45-39(44-37)35-32-23-25-49-40(32)46-41(42-35)48-34-19-11-10-18-29(34)30-20-21-33-31(36(30)48)22-24-47(33)28-16-8-3-9-17-28/h1-25H. The molecule has 10 aromatic rings. The highest BCUT2D eigenvalue weighted by Gasteiger charge is 2.22. The first kappa shape index (κ1) is 27.6. The molecule has 0 saturated carbocycles. The number of aromatic nitrogens is 7. The maximum atomic E-state index is 5.33. The zero-order valence-electron chi connectivity index (χ0n) is 26.0. The summed E-state index contributed by atoms with van der Waals surface area (Å²) in [5, 5.41) is 6.35. The van der Waals surface area contributed by atoms with Crippen LogP contribution >= 0.6 is 11.3 Å². The molecule has 0 aliphatic heterocycles. The van der Waals surface area contributed by atoms with E-state index in [0.717, 1.165) is 59.7 Å². The minimum atomic E-state index is 0.501. The van der Waals surface area contributed by atoms with Gasteiger partial charge in [0, 0.05) is 44.6 Å². The second-order valence-electron chi connectivity index (χ2n) is 11.8. The molecule has 7 nitrogen and oxygen atoms in total. The number of thiophene rings is 1. The molecule has 10 rings (SSSR count). The van der Waals surface area contributed by atoms with Gasteiger partial charge in [-0.25, -0.2) is 24.9 Å². The number of para-hydroxylation sites is 2. The molecule has 0 radical (unpaired) electrons. The normalized spacial score (nSPS) is 11.7. The van der Waals surface area contributed by atoms with Gasteiger partial charge in [-0.15, -0.1) is 11.3 Å². The van der Waals surface area contributed by atoms with Crippen LogP contribution in [0.15, 0.2) is 151 Å². The van der Waals surface area contributed by atoms with Crippen molar-refractivity contribution in [1.29, 1.82) is 0 Å². The van der Waals surface area contributed by atoms with Gasteiger partial charge in [-0.05, 0) is 41.8 Å². The van der Waals surface area contributed by atoms with Crippen molar-refractivity contribution in [1.82, 2.24) is 34.1 Å². The molecule has 0 amide bonds. The van der Waals surface area contributed by atoms with E-state index in [9.17, 15) is 0 Å². The van der Waals surface area contributed by atoms with Crippen molar-refractivity contribution in [2.75, 3.05) is 0 Å². The van der Waals surface area contributed by atoms with Gasteiger partial charge in [0.2, 0.25) is 5.95 Å². The van der Waals surface area contributed by atoms with Gasteiger partial charge < -0.3 is 4.57 Å². The second kappa shape index (κ2) is 11.0. The Morgan fingerprint density at radius 2 is 1.10 bits per heavy atom. The predicted molar refractivity (Wildman–Crippen MR) is 198 cm³/mol. The minimum absolute atomic E-state index is 0.501. The summed E-state index contributed by atoms with van der Waals surface area (Å²) in [6.45, 7) is 0. The lowest BCUT2D eigenvalue weighted by atomic mass is 10.1. The van der Waals surface area contributed by atoms with Gasteiger partial charge in [-0.1, -0.05) is 103 Å². The average Bonchev–Trinajstić information content (AvgIpc) is 3.91. The highest BCUT2D eigenvalue weighted by molar-refractivity contribution is 7.16. The summed E-state index contributed by atoms with van der Waals surface area (Å²) in [5.41, 5.74) is 6.79. The van der Waals surface area contributed by atoms with Crippen molar-refractivity contribution < 1.29 is 0 Å². The maximum Gasteiger partial charge on any atom is 0.236 e. The third-order valence-electron chi connectivity index (χ3n) is 8.96. The molecule has 0 bridgehead atoms. The highest BCUT2D eigenvalue weighted by Crippen LogP contribution is 2.38. The Morgan fingerprint density at radius 1 is 0.449 bits per heavy atom. The first-order valence-electron chi connectivity index (χ1n) is 16.0. The minimum Gasteiger partial charge on any atom is -0.316 e.